The Morgan fingerprint density at radius 3 is 2.92 bits per heavy atom. The summed E-state index contributed by atoms with van der Waals surface area (Å²) in [5, 5.41) is 3.46. The van der Waals surface area contributed by atoms with E-state index in [1.807, 2.05) is 6.20 Å². The molecule has 1 atom stereocenters. The molecule has 1 aromatic heterocycles. The first-order valence-corrected chi connectivity index (χ1v) is 4.54. The quantitative estimate of drug-likeness (QED) is 0.589. The van der Waals surface area contributed by atoms with Crippen LogP contribution in [0.1, 0.15) is 30.9 Å². The lowest BCUT2D eigenvalue weighted by atomic mass is 9.99. The normalized spacial score (nSPS) is 24.2. The summed E-state index contributed by atoms with van der Waals surface area (Å²) < 4.78 is 0. The molecule has 0 saturated carbocycles. The largest absolute Gasteiger partial charge is 0.385 e. The summed E-state index contributed by atoms with van der Waals surface area (Å²) in [6.45, 7) is 1.12. The van der Waals surface area contributed by atoms with Crippen molar-refractivity contribution in [3.8, 4) is 0 Å². The van der Waals surface area contributed by atoms with E-state index >= 15 is 0 Å². The molecular formula is C9H15N3. The zero-order chi connectivity index (χ0) is 8.39. The third-order valence-corrected chi connectivity index (χ3v) is 2.50. The van der Waals surface area contributed by atoms with Crippen molar-refractivity contribution in [3.05, 3.63) is 17.8 Å². The van der Waals surface area contributed by atoms with E-state index in [1.54, 1.807) is 0 Å². The van der Waals surface area contributed by atoms with Crippen LogP contribution in [0.5, 0.6) is 0 Å². The second-order valence-electron chi connectivity index (χ2n) is 3.35. The first kappa shape index (κ1) is 7.68. The maximum absolute atomic E-state index is 5.78. The molecule has 0 aromatic carbocycles. The summed E-state index contributed by atoms with van der Waals surface area (Å²) in [6, 6.07) is 2.54. The Labute approximate surface area is 72.3 Å². The number of H-pyrrole nitrogens is 1. The molecular weight excluding hydrogens is 150 g/mol. The van der Waals surface area contributed by atoms with E-state index < -0.39 is 0 Å². The fourth-order valence-electron chi connectivity index (χ4n) is 1.82. The van der Waals surface area contributed by atoms with Gasteiger partial charge in [-0.1, -0.05) is 6.42 Å². The third-order valence-electron chi connectivity index (χ3n) is 2.50. The molecule has 0 bridgehead atoms. The van der Waals surface area contributed by atoms with Crippen molar-refractivity contribution in [1.29, 1.82) is 0 Å². The van der Waals surface area contributed by atoms with Gasteiger partial charge in [0.15, 0.2) is 0 Å². The van der Waals surface area contributed by atoms with Crippen LogP contribution < -0.4 is 11.1 Å². The van der Waals surface area contributed by atoms with Gasteiger partial charge in [-0.15, -0.1) is 0 Å². The fourth-order valence-corrected chi connectivity index (χ4v) is 1.82. The number of anilines is 1. The molecule has 1 aromatic rings. The van der Waals surface area contributed by atoms with Gasteiger partial charge in [0.2, 0.25) is 0 Å². The van der Waals surface area contributed by atoms with Crippen molar-refractivity contribution in [2.75, 3.05) is 12.3 Å². The van der Waals surface area contributed by atoms with Gasteiger partial charge in [-0.3, -0.25) is 0 Å². The molecule has 0 amide bonds. The van der Waals surface area contributed by atoms with Gasteiger partial charge in [0.1, 0.15) is 5.82 Å². The van der Waals surface area contributed by atoms with E-state index in [0.29, 0.717) is 6.04 Å². The van der Waals surface area contributed by atoms with Crippen LogP contribution >= 0.6 is 0 Å². The maximum Gasteiger partial charge on any atom is 0.105 e. The number of aromatic amines is 1. The topological polar surface area (TPSA) is 53.8 Å². The summed E-state index contributed by atoms with van der Waals surface area (Å²) in [5.41, 5.74) is 7.01. The predicted molar refractivity (Wildman–Crippen MR) is 49.8 cm³/mol. The Morgan fingerprint density at radius 2 is 2.33 bits per heavy atom. The molecule has 0 radical (unpaired) electrons. The lowest BCUT2D eigenvalue weighted by molar-refractivity contribution is 0.413. The van der Waals surface area contributed by atoms with Crippen molar-refractivity contribution in [1.82, 2.24) is 10.3 Å². The lowest BCUT2D eigenvalue weighted by Gasteiger charge is -2.23. The fraction of sp³-hybridized carbons (Fsp3) is 0.556. The lowest BCUT2D eigenvalue weighted by Crippen LogP contribution is -2.26. The van der Waals surface area contributed by atoms with Crippen molar-refractivity contribution >= 4 is 5.82 Å². The van der Waals surface area contributed by atoms with Crippen LogP contribution in [0.2, 0.25) is 0 Å². The van der Waals surface area contributed by atoms with E-state index in [1.165, 1.54) is 24.8 Å². The van der Waals surface area contributed by atoms with E-state index in [0.717, 1.165) is 12.4 Å². The zero-order valence-corrected chi connectivity index (χ0v) is 7.14. The van der Waals surface area contributed by atoms with Crippen molar-refractivity contribution < 1.29 is 0 Å². The molecule has 2 rings (SSSR count). The zero-order valence-electron chi connectivity index (χ0n) is 7.14. The number of rotatable bonds is 1. The number of nitrogens with two attached hydrogens (primary N) is 1. The predicted octanol–water partition coefficient (Wildman–Crippen LogP) is 1.41. The number of hydrogen-bond donors (Lipinski definition) is 3. The van der Waals surface area contributed by atoms with E-state index in [4.69, 9.17) is 5.73 Å². The minimum atomic E-state index is 0.477. The molecule has 1 saturated heterocycles. The van der Waals surface area contributed by atoms with Gasteiger partial charge in [-0.2, -0.15) is 0 Å². The summed E-state index contributed by atoms with van der Waals surface area (Å²) >= 11 is 0. The first-order chi connectivity index (χ1) is 5.88. The van der Waals surface area contributed by atoms with Gasteiger partial charge < -0.3 is 16.0 Å². The van der Waals surface area contributed by atoms with Crippen LogP contribution in [0.15, 0.2) is 12.3 Å². The highest BCUT2D eigenvalue weighted by molar-refractivity contribution is 5.42. The molecule has 66 valence electrons. The average molecular weight is 165 g/mol. The summed E-state index contributed by atoms with van der Waals surface area (Å²) in [4.78, 5) is 3.00. The Morgan fingerprint density at radius 1 is 1.42 bits per heavy atom. The molecule has 1 aliphatic heterocycles. The standard InChI is InChI=1S/C9H15N3/c10-9-7(4-6-12-9)8-3-1-2-5-11-8/h4,6,8,11-12H,1-3,5,10H2. The van der Waals surface area contributed by atoms with Crippen LogP contribution in [0.25, 0.3) is 0 Å². The van der Waals surface area contributed by atoms with E-state index in [-0.39, 0.29) is 0 Å². The van der Waals surface area contributed by atoms with Gasteiger partial charge in [0, 0.05) is 17.8 Å². The Kier molecular flexibility index (Phi) is 2.04. The number of hydrogen-bond acceptors (Lipinski definition) is 2. The molecule has 12 heavy (non-hydrogen) atoms. The monoisotopic (exact) mass is 165 g/mol. The highest BCUT2D eigenvalue weighted by Gasteiger charge is 2.16. The minimum Gasteiger partial charge on any atom is -0.385 e. The highest BCUT2D eigenvalue weighted by atomic mass is 14.9. The van der Waals surface area contributed by atoms with Crippen molar-refractivity contribution in [3.63, 3.8) is 0 Å². The first-order valence-electron chi connectivity index (χ1n) is 4.54. The van der Waals surface area contributed by atoms with Crippen molar-refractivity contribution in [2.45, 2.75) is 25.3 Å². The average Bonchev–Trinajstić information content (AvgIpc) is 2.53. The molecule has 3 nitrogen and oxygen atoms in total. The molecule has 2 heterocycles. The molecule has 1 fully saturated rings. The Balaban J connectivity index is 2.13. The highest BCUT2D eigenvalue weighted by Crippen LogP contribution is 2.26. The van der Waals surface area contributed by atoms with Crippen LogP contribution in [0.3, 0.4) is 0 Å². The second-order valence-corrected chi connectivity index (χ2v) is 3.35. The molecule has 4 N–H and O–H groups in total. The third kappa shape index (κ3) is 1.32. The molecule has 3 heteroatoms. The van der Waals surface area contributed by atoms with Gasteiger partial charge in [0.05, 0.1) is 0 Å². The van der Waals surface area contributed by atoms with Gasteiger partial charge in [0.25, 0.3) is 0 Å². The number of nitrogen functional groups attached to an aromatic ring is 1. The number of piperidine rings is 1. The van der Waals surface area contributed by atoms with Crippen LogP contribution in [-0.4, -0.2) is 11.5 Å². The van der Waals surface area contributed by atoms with E-state index in [9.17, 15) is 0 Å². The Bertz CT molecular complexity index is 248. The SMILES string of the molecule is Nc1[nH]ccc1C1CCCCN1. The maximum atomic E-state index is 5.78. The van der Waals surface area contributed by atoms with Crippen LogP contribution in [0.4, 0.5) is 5.82 Å². The van der Waals surface area contributed by atoms with Gasteiger partial charge in [-0.05, 0) is 25.5 Å². The van der Waals surface area contributed by atoms with Crippen LogP contribution in [0, 0.1) is 0 Å². The smallest absolute Gasteiger partial charge is 0.105 e. The molecule has 0 aliphatic carbocycles. The molecule has 0 spiro atoms. The minimum absolute atomic E-state index is 0.477. The molecule has 1 aliphatic rings. The second kappa shape index (κ2) is 3.19. The van der Waals surface area contributed by atoms with Gasteiger partial charge >= 0.3 is 0 Å². The summed E-state index contributed by atoms with van der Waals surface area (Å²) in [6.07, 6.45) is 5.71. The van der Waals surface area contributed by atoms with Gasteiger partial charge in [-0.25, -0.2) is 0 Å². The summed E-state index contributed by atoms with van der Waals surface area (Å²) in [7, 11) is 0. The number of nitrogens with one attached hydrogen (secondary N) is 2. The van der Waals surface area contributed by atoms with E-state index in [2.05, 4.69) is 16.4 Å². The number of aromatic nitrogens is 1. The van der Waals surface area contributed by atoms with Crippen LogP contribution in [-0.2, 0) is 0 Å². The molecule has 1 unspecified atom stereocenters. The van der Waals surface area contributed by atoms with Crippen molar-refractivity contribution in [2.24, 2.45) is 0 Å². The summed E-state index contributed by atoms with van der Waals surface area (Å²) in [5.74, 6) is 0.814. The Hall–Kier alpha value is -0.960.